The molecule has 0 saturated carbocycles. The number of hydrogen-bond acceptors (Lipinski definition) is 0. The van der Waals surface area contributed by atoms with Crippen molar-refractivity contribution in [1.82, 2.24) is 0 Å². The Kier molecular flexibility index (Phi) is 12.4. The number of alkyl halides is 38. The third-order valence-corrected chi connectivity index (χ3v) is 7.30. The van der Waals surface area contributed by atoms with Gasteiger partial charge in [-0.15, -0.1) is 0 Å². The van der Waals surface area contributed by atoms with Gasteiger partial charge in [0.15, 0.2) is 0 Å². The van der Waals surface area contributed by atoms with Crippen LogP contribution >= 0.6 is 22.6 Å². The zero-order chi connectivity index (χ0) is 47.0. The van der Waals surface area contributed by atoms with Gasteiger partial charge in [-0.05, 0) is 0 Å². The molecule has 0 bridgehead atoms. The second kappa shape index (κ2) is 12.8. The molecule has 38 heteroatoms. The van der Waals surface area contributed by atoms with E-state index in [-0.39, 0.29) is 0 Å². The first kappa shape index (κ1) is 54.1. The first-order valence-electron chi connectivity index (χ1n) is 11.4. The van der Waals surface area contributed by atoms with Crippen molar-refractivity contribution in [3.63, 3.8) is 0 Å². The minimum Gasteiger partial charge on any atom is -0.192 e. The van der Waals surface area contributed by atoms with Crippen LogP contribution in [0.25, 0.3) is 0 Å². The molecule has 0 spiro atoms. The van der Waals surface area contributed by atoms with Gasteiger partial charge in [-0.3, -0.25) is 0 Å². The third-order valence-electron chi connectivity index (χ3n) is 6.63. The zero-order valence-corrected chi connectivity index (χ0v) is 25.5. The molecule has 0 aliphatic carbocycles. The standard InChI is InChI=1S/C18F37I/c19-1(20,3(23,24)5(27,28)7(31,32)9(35,36)11(39,40)13(43,44)15(47,48)17(51,52)53)2(21,22)4(25,26)6(29,30)8(33,34)10(37,38)12(41,42)14(45,46)16(49,50)18(54,55)56. The van der Waals surface area contributed by atoms with E-state index >= 15 is 0 Å². The van der Waals surface area contributed by atoms with Crippen molar-refractivity contribution in [2.24, 2.45) is 0 Å². The van der Waals surface area contributed by atoms with Crippen LogP contribution in [0.4, 0.5) is 162 Å². The van der Waals surface area contributed by atoms with Crippen LogP contribution in [-0.2, 0) is 0 Å². The van der Waals surface area contributed by atoms with Gasteiger partial charge in [0.1, 0.15) is 0 Å². The van der Waals surface area contributed by atoms with Gasteiger partial charge in [-0.1, -0.05) is 0 Å². The van der Waals surface area contributed by atoms with E-state index in [2.05, 4.69) is 0 Å². The van der Waals surface area contributed by atoms with E-state index < -0.39 is 127 Å². The molecule has 0 fully saturated rings. The molecule has 0 rings (SSSR count). The van der Waals surface area contributed by atoms with Crippen molar-refractivity contribution in [2.75, 3.05) is 0 Å². The minimum atomic E-state index is -10.4. The van der Waals surface area contributed by atoms with Gasteiger partial charge in [0.25, 0.3) is 0 Å². The maximum absolute atomic E-state index is 13.8. The highest BCUT2D eigenvalue weighted by Gasteiger charge is 3.02. The fourth-order valence-electron chi connectivity index (χ4n) is 3.12. The molecular formula is C18F37I. The summed E-state index contributed by atoms with van der Waals surface area (Å²) in [6.45, 7) is 0. The Hall–Kier alpha value is -1.86. The first-order chi connectivity index (χ1) is 23.2. The molecule has 56 heavy (non-hydrogen) atoms. The van der Waals surface area contributed by atoms with Crippen molar-refractivity contribution in [2.45, 2.75) is 105 Å². The molecule has 338 valence electrons. The lowest BCUT2D eigenvalue weighted by Gasteiger charge is -2.47. The summed E-state index contributed by atoms with van der Waals surface area (Å²) in [4.78, 5) is 0. The smallest absolute Gasteiger partial charge is 0.192 e. The summed E-state index contributed by atoms with van der Waals surface area (Å²) < 4.78 is 488. The predicted octanol–water partition coefficient (Wildman–Crippen LogP) is 12.7. The Morgan fingerprint density at radius 2 is 0.232 bits per heavy atom. The van der Waals surface area contributed by atoms with Crippen LogP contribution in [0.2, 0.25) is 0 Å². The van der Waals surface area contributed by atoms with Crippen molar-refractivity contribution in [3.05, 3.63) is 0 Å². The largest absolute Gasteiger partial charge is 0.460 e. The second-order valence-electron chi connectivity index (χ2n) is 10.2. The number of halogens is 38. The van der Waals surface area contributed by atoms with Crippen molar-refractivity contribution >= 4 is 22.6 Å². The van der Waals surface area contributed by atoms with Crippen LogP contribution in [0, 0.1) is 0 Å². The molecule has 0 N–H and O–H groups in total. The summed E-state index contributed by atoms with van der Waals surface area (Å²) in [5.74, 6) is -158. The predicted molar refractivity (Wildman–Crippen MR) is 104 cm³/mol. The summed E-state index contributed by atoms with van der Waals surface area (Å²) in [6, 6.07) is 0. The summed E-state index contributed by atoms with van der Waals surface area (Å²) >= 11 is -1.45. The Labute approximate surface area is 290 Å². The van der Waals surface area contributed by atoms with E-state index in [0.717, 1.165) is 0 Å². The van der Waals surface area contributed by atoms with Crippen LogP contribution in [0.3, 0.4) is 0 Å². The van der Waals surface area contributed by atoms with Gasteiger partial charge in [-0.2, -0.15) is 162 Å². The second-order valence-corrected chi connectivity index (χ2v) is 11.5. The summed E-state index contributed by atoms with van der Waals surface area (Å²) in [5.41, 5.74) is 0. The Balaban J connectivity index is 7.85. The van der Waals surface area contributed by atoms with Gasteiger partial charge in [-0.25, -0.2) is 0 Å². The van der Waals surface area contributed by atoms with E-state index in [0.29, 0.717) is 0 Å². The van der Waals surface area contributed by atoms with E-state index in [1.165, 1.54) is 0 Å². The van der Waals surface area contributed by atoms with Crippen molar-refractivity contribution < 1.29 is 162 Å². The van der Waals surface area contributed by atoms with Gasteiger partial charge < -0.3 is 0 Å². The first-order valence-corrected chi connectivity index (χ1v) is 12.5. The summed E-state index contributed by atoms with van der Waals surface area (Å²) in [6.07, 6.45) is -8.45. The normalized spacial score (nSPS) is 17.5. The SMILES string of the molecule is FC(F)(F)C(F)(F)C(F)(F)C(F)(F)C(F)(F)C(F)(F)C(F)(F)C(F)(F)C(F)(F)C(F)(F)C(F)(F)C(F)(F)C(F)(F)C(F)(F)C(F)(F)C(F)(F)C(F)(F)C(F)(F)I. The molecule has 0 radical (unpaired) electrons. The lowest BCUT2D eigenvalue weighted by Crippen LogP contribution is -2.80. The Morgan fingerprint density at radius 1 is 0.143 bits per heavy atom. The fourth-order valence-corrected chi connectivity index (χ4v) is 3.46. The highest BCUT2D eigenvalue weighted by atomic mass is 127. The lowest BCUT2D eigenvalue weighted by atomic mass is 9.82. The Bertz CT molecular complexity index is 1330. The molecule has 0 aromatic rings. The van der Waals surface area contributed by atoms with Gasteiger partial charge in [0.2, 0.25) is 0 Å². The van der Waals surface area contributed by atoms with Crippen LogP contribution in [0.1, 0.15) is 0 Å². The van der Waals surface area contributed by atoms with Crippen LogP contribution in [0.5, 0.6) is 0 Å². The zero-order valence-electron chi connectivity index (χ0n) is 23.4. The average molecular weight is 1050 g/mol. The minimum absolute atomic E-state index is 1.45. The van der Waals surface area contributed by atoms with E-state index in [9.17, 15) is 162 Å². The Morgan fingerprint density at radius 3 is 0.321 bits per heavy atom. The fraction of sp³-hybridized carbons (Fsp3) is 1.00. The molecular weight excluding hydrogens is 1050 g/mol. The maximum Gasteiger partial charge on any atom is 0.460 e. The summed E-state index contributed by atoms with van der Waals surface area (Å²) in [7, 11) is 0. The number of rotatable bonds is 16. The molecule has 0 nitrogen and oxygen atoms in total. The van der Waals surface area contributed by atoms with Crippen LogP contribution in [-0.4, -0.2) is 105 Å². The molecule has 0 atom stereocenters. The molecule has 0 aromatic carbocycles. The van der Waals surface area contributed by atoms with Gasteiger partial charge >= 0.3 is 105 Å². The highest BCUT2D eigenvalue weighted by Crippen LogP contribution is 2.70. The van der Waals surface area contributed by atoms with Gasteiger partial charge in [0.05, 0.1) is 0 Å². The molecule has 0 aliphatic heterocycles. The molecule has 0 amide bonds. The molecule has 0 aromatic heterocycles. The van der Waals surface area contributed by atoms with Gasteiger partial charge in [0, 0.05) is 22.6 Å². The van der Waals surface area contributed by atoms with E-state index in [1.54, 1.807) is 0 Å². The highest BCUT2D eigenvalue weighted by molar-refractivity contribution is 14.1. The molecule has 0 heterocycles. The quantitative estimate of drug-likeness (QED) is 0.0821. The monoisotopic (exact) mass is 1050 g/mol. The van der Waals surface area contributed by atoms with Crippen molar-refractivity contribution in [1.29, 1.82) is 0 Å². The van der Waals surface area contributed by atoms with E-state index in [1.807, 2.05) is 0 Å². The molecule has 0 unspecified atom stereocenters. The van der Waals surface area contributed by atoms with Crippen molar-refractivity contribution in [3.8, 4) is 0 Å². The van der Waals surface area contributed by atoms with E-state index in [4.69, 9.17) is 0 Å². The maximum atomic E-state index is 13.8. The molecule has 0 saturated heterocycles. The third kappa shape index (κ3) is 5.97. The number of hydrogen-bond donors (Lipinski definition) is 0. The average Bonchev–Trinajstić information content (AvgIpc) is 2.94. The summed E-state index contributed by atoms with van der Waals surface area (Å²) in [5, 5.41) is 0. The molecule has 0 aliphatic rings. The topological polar surface area (TPSA) is 0 Å². The van der Waals surface area contributed by atoms with Crippen LogP contribution in [0.15, 0.2) is 0 Å². The van der Waals surface area contributed by atoms with Crippen LogP contribution < -0.4 is 0 Å². The lowest BCUT2D eigenvalue weighted by molar-refractivity contribution is -0.493.